The van der Waals surface area contributed by atoms with Crippen LogP contribution in [0.4, 0.5) is 0 Å². The number of morpholine rings is 1. The molecule has 0 radical (unpaired) electrons. The first-order valence-corrected chi connectivity index (χ1v) is 5.04. The van der Waals surface area contributed by atoms with Gasteiger partial charge in [-0.3, -0.25) is 4.79 Å². The van der Waals surface area contributed by atoms with E-state index in [4.69, 9.17) is 4.74 Å². The second kappa shape index (κ2) is 5.35. The minimum absolute atomic E-state index is 0.0486. The van der Waals surface area contributed by atoms with Crippen molar-refractivity contribution in [1.82, 2.24) is 5.32 Å². The van der Waals surface area contributed by atoms with Crippen molar-refractivity contribution in [2.24, 2.45) is 5.92 Å². The third kappa shape index (κ3) is 3.87. The van der Waals surface area contributed by atoms with Crippen LogP contribution in [0.1, 0.15) is 26.7 Å². The van der Waals surface area contributed by atoms with Crippen molar-refractivity contribution in [1.29, 1.82) is 0 Å². The summed E-state index contributed by atoms with van der Waals surface area (Å²) in [6.07, 6.45) is 1.66. The van der Waals surface area contributed by atoms with Gasteiger partial charge < -0.3 is 10.1 Å². The minimum Gasteiger partial charge on any atom is -0.378 e. The molecular weight excluding hydrogens is 166 g/mol. The molecule has 1 fully saturated rings. The van der Waals surface area contributed by atoms with Crippen molar-refractivity contribution in [2.75, 3.05) is 19.8 Å². The topological polar surface area (TPSA) is 38.3 Å². The zero-order valence-corrected chi connectivity index (χ0v) is 8.51. The molecule has 0 aliphatic carbocycles. The molecule has 0 aromatic carbocycles. The normalized spacial score (nSPS) is 23.5. The van der Waals surface area contributed by atoms with Crippen LogP contribution in [-0.2, 0) is 9.53 Å². The fraction of sp³-hybridized carbons (Fsp3) is 0.900. The Kier molecular flexibility index (Phi) is 4.39. The van der Waals surface area contributed by atoms with Crippen LogP contribution in [0.15, 0.2) is 0 Å². The van der Waals surface area contributed by atoms with Crippen molar-refractivity contribution >= 4 is 5.78 Å². The molecular formula is C10H19NO2. The highest BCUT2D eigenvalue weighted by Gasteiger charge is 2.20. The number of hydrogen-bond donors (Lipinski definition) is 1. The third-order valence-corrected chi connectivity index (χ3v) is 2.28. The monoisotopic (exact) mass is 185 g/mol. The third-order valence-electron chi connectivity index (χ3n) is 2.28. The summed E-state index contributed by atoms with van der Waals surface area (Å²) in [4.78, 5) is 11.6. The molecule has 1 aliphatic rings. The van der Waals surface area contributed by atoms with Gasteiger partial charge >= 0.3 is 0 Å². The van der Waals surface area contributed by atoms with Gasteiger partial charge in [-0.25, -0.2) is 0 Å². The molecule has 1 heterocycles. The highest BCUT2D eigenvalue weighted by Crippen LogP contribution is 2.07. The molecule has 3 heteroatoms. The number of carbonyl (C=O) groups is 1. The van der Waals surface area contributed by atoms with Crippen LogP contribution in [0.3, 0.4) is 0 Å². The van der Waals surface area contributed by atoms with Crippen molar-refractivity contribution in [3.05, 3.63) is 0 Å². The number of rotatable bonds is 4. The van der Waals surface area contributed by atoms with Gasteiger partial charge in [-0.05, 0) is 12.3 Å². The smallest absolute Gasteiger partial charge is 0.152 e. The number of carbonyl (C=O) groups excluding carboxylic acids is 1. The number of hydrogen-bond acceptors (Lipinski definition) is 3. The number of ether oxygens (including phenoxy) is 1. The molecule has 3 nitrogen and oxygen atoms in total. The molecule has 0 aromatic heterocycles. The number of Topliss-reactive ketones (excluding diaryl/α,β-unsaturated/α-hetero) is 1. The first-order valence-electron chi connectivity index (χ1n) is 5.04. The fourth-order valence-corrected chi connectivity index (χ4v) is 1.38. The van der Waals surface area contributed by atoms with E-state index in [1.54, 1.807) is 0 Å². The number of ketones is 1. The largest absolute Gasteiger partial charge is 0.378 e. The molecule has 1 atom stereocenters. The predicted octanol–water partition coefficient (Wildman–Crippen LogP) is 0.980. The minimum atomic E-state index is -0.0486. The Morgan fingerprint density at radius 1 is 1.62 bits per heavy atom. The molecule has 76 valence electrons. The van der Waals surface area contributed by atoms with E-state index in [1.807, 2.05) is 0 Å². The molecule has 0 aromatic rings. The van der Waals surface area contributed by atoms with E-state index in [-0.39, 0.29) is 6.04 Å². The van der Waals surface area contributed by atoms with Crippen molar-refractivity contribution < 1.29 is 9.53 Å². The molecule has 0 spiro atoms. The predicted molar refractivity (Wildman–Crippen MR) is 51.7 cm³/mol. The van der Waals surface area contributed by atoms with Gasteiger partial charge in [0.15, 0.2) is 5.78 Å². The quantitative estimate of drug-likeness (QED) is 0.709. The Hall–Kier alpha value is -0.410. The zero-order valence-electron chi connectivity index (χ0n) is 8.51. The summed E-state index contributed by atoms with van der Waals surface area (Å²) in [5.41, 5.74) is 0. The average molecular weight is 185 g/mol. The Morgan fingerprint density at radius 3 is 2.92 bits per heavy atom. The van der Waals surface area contributed by atoms with Crippen molar-refractivity contribution in [2.45, 2.75) is 32.7 Å². The Morgan fingerprint density at radius 2 is 2.38 bits per heavy atom. The Balaban J connectivity index is 2.21. The maximum absolute atomic E-state index is 11.6. The first-order chi connectivity index (χ1) is 6.20. The van der Waals surface area contributed by atoms with Crippen LogP contribution in [0.5, 0.6) is 0 Å². The van der Waals surface area contributed by atoms with Crippen LogP contribution in [0.25, 0.3) is 0 Å². The molecule has 1 rings (SSSR count). The summed E-state index contributed by atoms with van der Waals surface area (Å²) in [6, 6.07) is -0.0486. The van der Waals surface area contributed by atoms with Crippen LogP contribution in [0.2, 0.25) is 0 Å². The van der Waals surface area contributed by atoms with E-state index in [1.165, 1.54) is 0 Å². The second-order valence-electron chi connectivity index (χ2n) is 3.98. The van der Waals surface area contributed by atoms with Crippen LogP contribution < -0.4 is 5.32 Å². The Bertz CT molecular complexity index is 162. The highest BCUT2D eigenvalue weighted by molar-refractivity contribution is 5.84. The van der Waals surface area contributed by atoms with E-state index in [2.05, 4.69) is 19.2 Å². The van der Waals surface area contributed by atoms with Gasteiger partial charge in [0.25, 0.3) is 0 Å². The lowest BCUT2D eigenvalue weighted by molar-refractivity contribution is -0.124. The van der Waals surface area contributed by atoms with E-state index >= 15 is 0 Å². The lowest BCUT2D eigenvalue weighted by Gasteiger charge is -2.22. The second-order valence-corrected chi connectivity index (χ2v) is 3.98. The fourth-order valence-electron chi connectivity index (χ4n) is 1.38. The molecule has 0 saturated carbocycles. The molecule has 0 bridgehead atoms. The van der Waals surface area contributed by atoms with E-state index in [0.717, 1.165) is 19.6 Å². The zero-order chi connectivity index (χ0) is 9.68. The van der Waals surface area contributed by atoms with Gasteiger partial charge in [0.2, 0.25) is 0 Å². The van der Waals surface area contributed by atoms with Crippen molar-refractivity contribution in [3.8, 4) is 0 Å². The summed E-state index contributed by atoms with van der Waals surface area (Å²) in [5.74, 6) is 0.904. The van der Waals surface area contributed by atoms with Crippen LogP contribution in [0, 0.1) is 5.92 Å². The van der Waals surface area contributed by atoms with Crippen LogP contribution in [-0.4, -0.2) is 31.6 Å². The summed E-state index contributed by atoms with van der Waals surface area (Å²) < 4.78 is 5.23. The summed E-state index contributed by atoms with van der Waals surface area (Å²) in [7, 11) is 0. The molecule has 13 heavy (non-hydrogen) atoms. The lowest BCUT2D eigenvalue weighted by Crippen LogP contribution is -2.46. The van der Waals surface area contributed by atoms with Crippen LogP contribution >= 0.6 is 0 Å². The van der Waals surface area contributed by atoms with E-state index in [0.29, 0.717) is 24.7 Å². The number of nitrogens with one attached hydrogen (secondary N) is 1. The Labute approximate surface area is 79.8 Å². The summed E-state index contributed by atoms with van der Waals surface area (Å²) in [6.45, 7) is 6.36. The van der Waals surface area contributed by atoms with Crippen molar-refractivity contribution in [3.63, 3.8) is 0 Å². The SMILES string of the molecule is CC(C)CCC(=O)C1COCCN1. The van der Waals surface area contributed by atoms with Gasteiger partial charge in [-0.2, -0.15) is 0 Å². The summed E-state index contributed by atoms with van der Waals surface area (Å²) in [5, 5.41) is 3.17. The molecule has 1 saturated heterocycles. The van der Waals surface area contributed by atoms with Gasteiger partial charge in [0.05, 0.1) is 19.3 Å². The van der Waals surface area contributed by atoms with E-state index < -0.39 is 0 Å². The molecule has 0 amide bonds. The molecule has 1 N–H and O–H groups in total. The first kappa shape index (κ1) is 10.7. The molecule has 1 unspecified atom stereocenters. The van der Waals surface area contributed by atoms with E-state index in [9.17, 15) is 4.79 Å². The average Bonchev–Trinajstić information content (AvgIpc) is 2.15. The van der Waals surface area contributed by atoms with Gasteiger partial charge in [0.1, 0.15) is 0 Å². The lowest BCUT2D eigenvalue weighted by atomic mass is 10.0. The maximum Gasteiger partial charge on any atom is 0.152 e. The van der Waals surface area contributed by atoms with Gasteiger partial charge in [-0.15, -0.1) is 0 Å². The van der Waals surface area contributed by atoms with Gasteiger partial charge in [0, 0.05) is 13.0 Å². The highest BCUT2D eigenvalue weighted by atomic mass is 16.5. The maximum atomic E-state index is 11.6. The summed E-state index contributed by atoms with van der Waals surface area (Å²) >= 11 is 0. The standard InChI is InChI=1S/C10H19NO2/c1-8(2)3-4-10(12)9-7-13-6-5-11-9/h8-9,11H,3-7H2,1-2H3. The van der Waals surface area contributed by atoms with Gasteiger partial charge in [-0.1, -0.05) is 13.8 Å². The molecule has 1 aliphatic heterocycles.